The van der Waals surface area contributed by atoms with Crippen LogP contribution in [0.5, 0.6) is 0 Å². The topological polar surface area (TPSA) is 64.0 Å². The highest BCUT2D eigenvalue weighted by Gasteiger charge is 2.17. The molecule has 0 saturated heterocycles. The fraction of sp³-hybridized carbons (Fsp3) is 0.190. The van der Waals surface area contributed by atoms with Gasteiger partial charge in [-0.25, -0.2) is 4.98 Å². The summed E-state index contributed by atoms with van der Waals surface area (Å²) in [6, 6.07) is 12.4. The molecule has 3 aromatic rings. The zero-order chi connectivity index (χ0) is 20.4. The summed E-state index contributed by atoms with van der Waals surface area (Å²) in [4.78, 5) is 30.1. The Labute approximate surface area is 172 Å². The monoisotopic (exact) mass is 415 g/mol. The van der Waals surface area contributed by atoms with Gasteiger partial charge in [0.25, 0.3) is 5.56 Å². The van der Waals surface area contributed by atoms with E-state index in [1.54, 1.807) is 44.2 Å². The minimum atomic E-state index is -0.369. The van der Waals surface area contributed by atoms with E-state index >= 15 is 0 Å². The highest BCUT2D eigenvalue weighted by atomic mass is 35.5. The lowest BCUT2D eigenvalue weighted by atomic mass is 10.1. The normalized spacial score (nSPS) is 10.8. The van der Waals surface area contributed by atoms with Crippen molar-refractivity contribution in [2.45, 2.75) is 27.3 Å². The first-order chi connectivity index (χ1) is 13.3. The Balaban J connectivity index is 2.02. The van der Waals surface area contributed by atoms with E-state index in [0.29, 0.717) is 38.4 Å². The third kappa shape index (κ3) is 4.11. The van der Waals surface area contributed by atoms with Crippen molar-refractivity contribution in [1.82, 2.24) is 9.55 Å². The summed E-state index contributed by atoms with van der Waals surface area (Å²) in [6.07, 6.45) is 0. The number of hydrogen-bond donors (Lipinski definition) is 1. The van der Waals surface area contributed by atoms with Gasteiger partial charge in [0.2, 0.25) is 5.91 Å². The largest absolute Gasteiger partial charge is 0.323 e. The van der Waals surface area contributed by atoms with Crippen molar-refractivity contribution in [2.24, 2.45) is 0 Å². The number of halogens is 2. The van der Waals surface area contributed by atoms with E-state index in [0.717, 1.165) is 5.56 Å². The smallest absolute Gasteiger partial charge is 0.257 e. The number of carbonyl (C=O) groups is 1. The van der Waals surface area contributed by atoms with Crippen molar-refractivity contribution in [1.29, 1.82) is 0 Å². The molecule has 1 heterocycles. The van der Waals surface area contributed by atoms with Crippen LogP contribution in [-0.2, 0) is 11.3 Å². The molecule has 0 atom stereocenters. The number of rotatable bonds is 4. The van der Waals surface area contributed by atoms with Crippen LogP contribution < -0.4 is 10.9 Å². The average Bonchev–Trinajstić information content (AvgIpc) is 2.65. The molecule has 2 aromatic carbocycles. The molecule has 0 aliphatic heterocycles. The van der Waals surface area contributed by atoms with E-state index < -0.39 is 0 Å². The van der Waals surface area contributed by atoms with Gasteiger partial charge in [0.05, 0.1) is 10.7 Å². The van der Waals surface area contributed by atoms with Gasteiger partial charge >= 0.3 is 0 Å². The maximum Gasteiger partial charge on any atom is 0.257 e. The lowest BCUT2D eigenvalue weighted by Gasteiger charge is -2.16. The molecule has 5 nitrogen and oxygen atoms in total. The molecule has 0 saturated carbocycles. The molecule has 1 N–H and O–H groups in total. The van der Waals surface area contributed by atoms with E-state index in [2.05, 4.69) is 10.3 Å². The summed E-state index contributed by atoms with van der Waals surface area (Å²) >= 11 is 12.3. The number of hydrogen-bond acceptors (Lipinski definition) is 3. The van der Waals surface area contributed by atoms with E-state index in [-0.39, 0.29) is 18.0 Å². The fourth-order valence-corrected chi connectivity index (χ4v) is 3.32. The number of nitrogens with zero attached hydrogens (tertiary/aromatic N) is 2. The van der Waals surface area contributed by atoms with Crippen LogP contribution in [0.4, 0.5) is 5.69 Å². The van der Waals surface area contributed by atoms with Gasteiger partial charge in [0, 0.05) is 21.8 Å². The Morgan fingerprint density at radius 3 is 2.50 bits per heavy atom. The molecule has 0 aliphatic carbocycles. The lowest BCUT2D eigenvalue weighted by molar-refractivity contribution is -0.116. The zero-order valence-electron chi connectivity index (χ0n) is 15.7. The van der Waals surface area contributed by atoms with Gasteiger partial charge in [0.15, 0.2) is 0 Å². The molecular formula is C21H19Cl2N3O2. The van der Waals surface area contributed by atoms with Gasteiger partial charge in [-0.1, -0.05) is 47.5 Å². The van der Waals surface area contributed by atoms with Crippen LogP contribution in [0.3, 0.4) is 0 Å². The Hall–Kier alpha value is -2.63. The van der Waals surface area contributed by atoms with E-state index in [1.165, 1.54) is 4.57 Å². The van der Waals surface area contributed by atoms with Crippen LogP contribution in [0.2, 0.25) is 10.0 Å². The summed E-state index contributed by atoms with van der Waals surface area (Å²) in [5.41, 5.74) is 2.86. The van der Waals surface area contributed by atoms with Crippen molar-refractivity contribution >= 4 is 34.8 Å². The molecule has 0 fully saturated rings. The Morgan fingerprint density at radius 2 is 1.82 bits per heavy atom. The summed E-state index contributed by atoms with van der Waals surface area (Å²) in [7, 11) is 0. The summed E-state index contributed by atoms with van der Waals surface area (Å²) in [5, 5.41) is 3.75. The Kier molecular flexibility index (Phi) is 5.87. The number of anilines is 1. The van der Waals surface area contributed by atoms with Crippen LogP contribution in [0.25, 0.3) is 11.4 Å². The molecule has 0 bridgehead atoms. The first kappa shape index (κ1) is 20.1. The second kappa shape index (κ2) is 8.17. The van der Waals surface area contributed by atoms with Crippen LogP contribution in [0, 0.1) is 20.8 Å². The van der Waals surface area contributed by atoms with E-state index in [4.69, 9.17) is 23.2 Å². The van der Waals surface area contributed by atoms with Crippen LogP contribution in [-0.4, -0.2) is 15.5 Å². The predicted molar refractivity (Wildman–Crippen MR) is 113 cm³/mol. The minimum absolute atomic E-state index is 0.195. The van der Waals surface area contributed by atoms with Crippen LogP contribution >= 0.6 is 23.2 Å². The standard InChI is InChI=1S/C21H19Cl2N3O2/c1-12-6-4-9-17(23)19(12)25-18(27)11-26-20(15-7-5-8-16(22)10-15)24-14(3)13(2)21(26)28/h4-10H,11H2,1-3H3,(H,25,27). The summed E-state index contributed by atoms with van der Waals surface area (Å²) in [6.45, 7) is 5.11. The molecule has 1 amide bonds. The quantitative estimate of drug-likeness (QED) is 0.666. The molecule has 0 spiro atoms. The number of aromatic nitrogens is 2. The van der Waals surface area contributed by atoms with Crippen LogP contribution in [0.15, 0.2) is 47.3 Å². The number of carbonyl (C=O) groups excluding carboxylic acids is 1. The third-order valence-electron chi connectivity index (χ3n) is 4.51. The maximum atomic E-state index is 12.9. The molecular weight excluding hydrogens is 397 g/mol. The third-order valence-corrected chi connectivity index (χ3v) is 5.06. The van der Waals surface area contributed by atoms with Crippen molar-refractivity contribution < 1.29 is 4.79 Å². The molecule has 7 heteroatoms. The first-order valence-corrected chi connectivity index (χ1v) is 9.42. The number of para-hydroxylation sites is 1. The fourth-order valence-electron chi connectivity index (χ4n) is 2.86. The van der Waals surface area contributed by atoms with E-state index in [9.17, 15) is 9.59 Å². The SMILES string of the molecule is Cc1cccc(Cl)c1NC(=O)Cn1c(-c2cccc(Cl)c2)nc(C)c(C)c1=O. The summed E-state index contributed by atoms with van der Waals surface area (Å²) in [5.74, 6) is 0.0215. The molecule has 144 valence electrons. The Bertz CT molecular complexity index is 1100. The predicted octanol–water partition coefficient (Wildman–Crippen LogP) is 4.78. The Morgan fingerprint density at radius 1 is 1.11 bits per heavy atom. The molecule has 3 rings (SSSR count). The highest BCUT2D eigenvalue weighted by molar-refractivity contribution is 6.34. The van der Waals surface area contributed by atoms with E-state index in [1.807, 2.05) is 19.1 Å². The zero-order valence-corrected chi connectivity index (χ0v) is 17.2. The van der Waals surface area contributed by atoms with Crippen molar-refractivity contribution in [3.05, 3.63) is 79.7 Å². The van der Waals surface area contributed by atoms with Gasteiger partial charge in [-0.3, -0.25) is 14.2 Å². The van der Waals surface area contributed by atoms with Gasteiger partial charge in [0.1, 0.15) is 12.4 Å². The highest BCUT2D eigenvalue weighted by Crippen LogP contribution is 2.25. The summed E-state index contributed by atoms with van der Waals surface area (Å²) < 4.78 is 1.36. The second-order valence-electron chi connectivity index (χ2n) is 6.53. The van der Waals surface area contributed by atoms with Gasteiger partial charge in [-0.2, -0.15) is 0 Å². The minimum Gasteiger partial charge on any atom is -0.323 e. The maximum absolute atomic E-state index is 12.9. The van der Waals surface area contributed by atoms with Crippen molar-refractivity contribution in [3.8, 4) is 11.4 Å². The number of nitrogens with one attached hydrogen (secondary N) is 1. The average molecular weight is 416 g/mol. The van der Waals surface area contributed by atoms with Gasteiger partial charge in [-0.15, -0.1) is 0 Å². The molecule has 0 unspecified atom stereocenters. The molecule has 0 aliphatic rings. The van der Waals surface area contributed by atoms with Gasteiger partial charge < -0.3 is 5.32 Å². The number of aryl methyl sites for hydroxylation is 2. The van der Waals surface area contributed by atoms with Crippen molar-refractivity contribution in [3.63, 3.8) is 0 Å². The second-order valence-corrected chi connectivity index (χ2v) is 7.37. The lowest BCUT2D eigenvalue weighted by Crippen LogP contribution is -2.32. The first-order valence-electron chi connectivity index (χ1n) is 8.67. The van der Waals surface area contributed by atoms with Crippen molar-refractivity contribution in [2.75, 3.05) is 5.32 Å². The molecule has 1 aromatic heterocycles. The molecule has 28 heavy (non-hydrogen) atoms. The number of benzene rings is 2. The number of amides is 1. The van der Waals surface area contributed by atoms with Gasteiger partial charge in [-0.05, 0) is 44.5 Å². The molecule has 0 radical (unpaired) electrons. The van der Waals surface area contributed by atoms with Crippen LogP contribution in [0.1, 0.15) is 16.8 Å².